The molecule has 0 bridgehead atoms. The van der Waals surface area contributed by atoms with Crippen molar-refractivity contribution in [3.63, 3.8) is 0 Å². The van der Waals surface area contributed by atoms with Crippen LogP contribution in [-0.4, -0.2) is 4.57 Å². The third-order valence-corrected chi connectivity index (χ3v) is 14.4. The number of aromatic nitrogens is 1. The van der Waals surface area contributed by atoms with Crippen LogP contribution in [0.3, 0.4) is 0 Å². The number of hydrogen-bond donors (Lipinski definition) is 0. The summed E-state index contributed by atoms with van der Waals surface area (Å²) in [5.41, 5.74) is 17.1. The first kappa shape index (κ1) is 39.2. The Bertz CT molecular complexity index is 3810. The van der Waals surface area contributed by atoms with Gasteiger partial charge in [0.15, 0.2) is 0 Å². The van der Waals surface area contributed by atoms with E-state index in [1.165, 1.54) is 86.9 Å². The maximum atomic E-state index is 6.62. The molecule has 67 heavy (non-hydrogen) atoms. The van der Waals surface area contributed by atoms with Gasteiger partial charge in [-0.15, -0.1) is 0 Å². The lowest BCUT2D eigenvalue weighted by molar-refractivity contribution is 0.445. The van der Waals surface area contributed by atoms with E-state index in [0.717, 1.165) is 61.4 Å². The van der Waals surface area contributed by atoms with Crippen molar-refractivity contribution >= 4 is 71.6 Å². The summed E-state index contributed by atoms with van der Waals surface area (Å²) in [4.78, 5) is 2.48. The van der Waals surface area contributed by atoms with Crippen molar-refractivity contribution in [2.24, 2.45) is 0 Å². The quantitative estimate of drug-likeness (QED) is 0.152. The molecule has 1 fully saturated rings. The highest BCUT2D eigenvalue weighted by atomic mass is 16.3. The van der Waals surface area contributed by atoms with Crippen LogP contribution in [0.1, 0.15) is 43.6 Å². The van der Waals surface area contributed by atoms with Gasteiger partial charge in [-0.05, 0) is 124 Å². The van der Waals surface area contributed by atoms with E-state index >= 15 is 0 Å². The second kappa shape index (κ2) is 16.4. The van der Waals surface area contributed by atoms with Crippen LogP contribution in [0.2, 0.25) is 0 Å². The number of hydrogen-bond acceptors (Lipinski definition) is 2. The highest BCUT2D eigenvalue weighted by Crippen LogP contribution is 2.47. The Kier molecular flexibility index (Phi) is 9.60. The molecule has 0 atom stereocenters. The molecule has 320 valence electrons. The number of rotatable bonds is 8. The van der Waals surface area contributed by atoms with Crippen molar-refractivity contribution in [3.8, 4) is 39.1 Å². The number of para-hydroxylation sites is 5. The van der Waals surface area contributed by atoms with Crippen LogP contribution >= 0.6 is 0 Å². The van der Waals surface area contributed by atoms with Crippen LogP contribution in [0.15, 0.2) is 229 Å². The Hall–Kier alpha value is -8.14. The van der Waals surface area contributed by atoms with Crippen LogP contribution < -0.4 is 4.90 Å². The monoisotopic (exact) mass is 860 g/mol. The van der Waals surface area contributed by atoms with Gasteiger partial charge in [0.1, 0.15) is 11.2 Å². The molecule has 0 N–H and O–H groups in total. The zero-order chi connectivity index (χ0) is 44.3. The van der Waals surface area contributed by atoms with Gasteiger partial charge in [0, 0.05) is 49.7 Å². The Balaban J connectivity index is 1.01. The standard InChI is InChI=1S/C64H48N2O/c1-3-18-43(19-4-1)51-31-15-20-44-21-16-33-56(63(44)51)53-28-7-10-35-59(53)65(50-27-14-23-47(41-50)52-32-17-34-57-55-30-9-12-37-62(55)67-64(52)57)49-26-13-22-45(40-49)46-38-39-61-58(42-46)54-29-8-11-36-60(54)66(61)48-24-5-2-6-25-48/h2,5-17,20-43H,1,3-4,18-19H2. The van der Waals surface area contributed by atoms with Gasteiger partial charge in [-0.3, -0.25) is 0 Å². The fourth-order valence-corrected chi connectivity index (χ4v) is 11.3. The summed E-state index contributed by atoms with van der Waals surface area (Å²) in [6.07, 6.45) is 6.42. The molecule has 0 radical (unpaired) electrons. The number of fused-ring (bicyclic) bond motifs is 7. The average Bonchev–Trinajstić information content (AvgIpc) is 3.95. The predicted molar refractivity (Wildman–Crippen MR) is 282 cm³/mol. The van der Waals surface area contributed by atoms with Gasteiger partial charge in [-0.1, -0.05) is 177 Å². The molecule has 0 aliphatic heterocycles. The van der Waals surface area contributed by atoms with Crippen molar-refractivity contribution in [2.45, 2.75) is 38.0 Å². The van der Waals surface area contributed by atoms with Gasteiger partial charge in [0.2, 0.25) is 0 Å². The minimum absolute atomic E-state index is 0.565. The van der Waals surface area contributed by atoms with E-state index in [2.05, 4.69) is 228 Å². The van der Waals surface area contributed by atoms with Crippen molar-refractivity contribution in [2.75, 3.05) is 4.90 Å². The van der Waals surface area contributed by atoms with E-state index in [1.54, 1.807) is 0 Å². The number of anilines is 3. The Morgan fingerprint density at radius 3 is 1.91 bits per heavy atom. The zero-order valence-electron chi connectivity index (χ0n) is 37.3. The van der Waals surface area contributed by atoms with Crippen molar-refractivity contribution in [1.29, 1.82) is 0 Å². The summed E-state index contributed by atoms with van der Waals surface area (Å²) in [6.45, 7) is 0. The second-order valence-electron chi connectivity index (χ2n) is 18.2. The van der Waals surface area contributed by atoms with E-state index in [-0.39, 0.29) is 0 Å². The van der Waals surface area contributed by atoms with Gasteiger partial charge in [-0.25, -0.2) is 0 Å². The van der Waals surface area contributed by atoms with E-state index in [0.29, 0.717) is 5.92 Å². The normalized spacial score (nSPS) is 13.3. The molecule has 3 heteroatoms. The first-order valence-electron chi connectivity index (χ1n) is 23.9. The molecule has 2 heterocycles. The van der Waals surface area contributed by atoms with E-state index in [9.17, 15) is 0 Å². The molecular weight excluding hydrogens is 813 g/mol. The minimum atomic E-state index is 0.565. The van der Waals surface area contributed by atoms with Gasteiger partial charge in [0.25, 0.3) is 0 Å². The highest BCUT2D eigenvalue weighted by Gasteiger charge is 2.24. The average molecular weight is 861 g/mol. The lowest BCUT2D eigenvalue weighted by Gasteiger charge is -2.30. The smallest absolute Gasteiger partial charge is 0.143 e. The molecule has 3 nitrogen and oxygen atoms in total. The van der Waals surface area contributed by atoms with Crippen LogP contribution in [0.25, 0.3) is 93.6 Å². The molecule has 13 rings (SSSR count). The zero-order valence-corrected chi connectivity index (χ0v) is 37.3. The molecule has 0 unspecified atom stereocenters. The number of furan rings is 1. The number of benzene rings is 10. The summed E-state index contributed by atoms with van der Waals surface area (Å²) < 4.78 is 9.00. The van der Waals surface area contributed by atoms with Crippen molar-refractivity contribution in [1.82, 2.24) is 4.57 Å². The SMILES string of the molecule is c1ccc(-n2c3ccccc3c3cc(-c4cccc(N(c5cccc(-c6cccc7c6oc6ccccc67)c5)c5ccccc5-c5cccc6cccc(C7CCCCC7)c56)c4)ccc32)cc1. The van der Waals surface area contributed by atoms with Crippen molar-refractivity contribution < 1.29 is 4.42 Å². The van der Waals surface area contributed by atoms with Gasteiger partial charge < -0.3 is 13.9 Å². The molecule has 0 saturated heterocycles. The van der Waals surface area contributed by atoms with E-state index in [1.807, 2.05) is 6.07 Å². The third kappa shape index (κ3) is 6.72. The lowest BCUT2D eigenvalue weighted by Crippen LogP contribution is -2.12. The van der Waals surface area contributed by atoms with Crippen LogP contribution in [0, 0.1) is 0 Å². The molecule has 10 aromatic carbocycles. The molecule has 0 amide bonds. The molecule has 2 aromatic heterocycles. The van der Waals surface area contributed by atoms with Gasteiger partial charge >= 0.3 is 0 Å². The molecule has 1 aliphatic carbocycles. The third-order valence-electron chi connectivity index (χ3n) is 14.4. The summed E-state index contributed by atoms with van der Waals surface area (Å²) >= 11 is 0. The molecule has 1 saturated carbocycles. The Morgan fingerprint density at radius 2 is 1.04 bits per heavy atom. The first-order chi connectivity index (χ1) is 33.2. The second-order valence-corrected chi connectivity index (χ2v) is 18.2. The van der Waals surface area contributed by atoms with Crippen LogP contribution in [0.4, 0.5) is 17.1 Å². The molecule has 0 spiro atoms. The Labute approximate surface area is 390 Å². The maximum Gasteiger partial charge on any atom is 0.143 e. The number of nitrogens with zero attached hydrogens (tertiary/aromatic N) is 2. The van der Waals surface area contributed by atoms with E-state index in [4.69, 9.17) is 4.42 Å². The van der Waals surface area contributed by atoms with Crippen LogP contribution in [-0.2, 0) is 0 Å². The Morgan fingerprint density at radius 1 is 0.418 bits per heavy atom. The molecule has 12 aromatic rings. The summed E-state index contributed by atoms with van der Waals surface area (Å²) in [6, 6.07) is 82.3. The molecular formula is C64H48N2O. The topological polar surface area (TPSA) is 21.3 Å². The first-order valence-corrected chi connectivity index (χ1v) is 23.9. The van der Waals surface area contributed by atoms with Crippen LogP contribution in [0.5, 0.6) is 0 Å². The van der Waals surface area contributed by atoms with E-state index < -0.39 is 0 Å². The largest absolute Gasteiger partial charge is 0.455 e. The highest BCUT2D eigenvalue weighted by molar-refractivity contribution is 6.12. The van der Waals surface area contributed by atoms with Crippen molar-refractivity contribution in [3.05, 3.63) is 230 Å². The minimum Gasteiger partial charge on any atom is -0.455 e. The predicted octanol–water partition coefficient (Wildman–Crippen LogP) is 18.4. The summed E-state index contributed by atoms with van der Waals surface area (Å²) in [5, 5.41) is 7.42. The maximum absolute atomic E-state index is 6.62. The molecule has 1 aliphatic rings. The lowest BCUT2D eigenvalue weighted by atomic mass is 9.80. The van der Waals surface area contributed by atoms with Gasteiger partial charge in [0.05, 0.1) is 16.7 Å². The summed E-state index contributed by atoms with van der Waals surface area (Å²) in [7, 11) is 0. The fourth-order valence-electron chi connectivity index (χ4n) is 11.3. The summed E-state index contributed by atoms with van der Waals surface area (Å²) in [5.74, 6) is 0.565. The van der Waals surface area contributed by atoms with Gasteiger partial charge in [-0.2, -0.15) is 0 Å². The fraction of sp³-hybridized carbons (Fsp3) is 0.0938.